The number of allylic oxidation sites excluding steroid dienone is 1. The van der Waals surface area contributed by atoms with Crippen LogP contribution in [-0.4, -0.2) is 22.5 Å². The van der Waals surface area contributed by atoms with Crippen molar-refractivity contribution in [3.63, 3.8) is 0 Å². The predicted octanol–water partition coefficient (Wildman–Crippen LogP) is 5.26. The Kier molecular flexibility index (Phi) is 6.00. The minimum Gasteiger partial charge on any atom is -0.484 e. The standard InChI is InChI=1S/C26H22N4O2/c1-17-3-8-21(9-4-17)28-25(31)16-32-22-10-6-19(7-11-22)14-20(15-27)26-29-23-12-5-18(2)13-24(23)30-26/h3-14H,16H2,1-2H3,(H,28,31)(H,29,30). The van der Waals surface area contributed by atoms with E-state index in [0.29, 0.717) is 17.1 Å². The van der Waals surface area contributed by atoms with Gasteiger partial charge in [0.1, 0.15) is 17.6 Å². The Morgan fingerprint density at radius 2 is 1.78 bits per heavy atom. The average Bonchev–Trinajstić information content (AvgIpc) is 3.21. The molecular weight excluding hydrogens is 400 g/mol. The Bertz CT molecular complexity index is 1330. The lowest BCUT2D eigenvalue weighted by Crippen LogP contribution is -2.20. The number of H-pyrrole nitrogens is 1. The van der Waals surface area contributed by atoms with Crippen molar-refractivity contribution in [3.8, 4) is 11.8 Å². The lowest BCUT2D eigenvalue weighted by atomic mass is 10.1. The van der Waals surface area contributed by atoms with E-state index in [9.17, 15) is 10.1 Å². The van der Waals surface area contributed by atoms with Gasteiger partial charge in [-0.1, -0.05) is 35.9 Å². The summed E-state index contributed by atoms with van der Waals surface area (Å²) in [6.07, 6.45) is 1.76. The molecule has 0 aliphatic rings. The van der Waals surface area contributed by atoms with E-state index in [1.165, 1.54) is 0 Å². The number of nitrogens with zero attached hydrogens (tertiary/aromatic N) is 2. The number of carbonyl (C=O) groups excluding carboxylic acids is 1. The molecule has 0 spiro atoms. The normalized spacial score (nSPS) is 11.2. The molecule has 3 aromatic carbocycles. The Morgan fingerprint density at radius 3 is 2.50 bits per heavy atom. The van der Waals surface area contributed by atoms with Gasteiger partial charge in [-0.25, -0.2) is 4.98 Å². The first-order valence-corrected chi connectivity index (χ1v) is 10.2. The fourth-order valence-corrected chi connectivity index (χ4v) is 3.21. The van der Waals surface area contributed by atoms with Crippen LogP contribution < -0.4 is 10.1 Å². The molecule has 0 atom stereocenters. The summed E-state index contributed by atoms with van der Waals surface area (Å²) in [6, 6.07) is 22.9. The number of amides is 1. The van der Waals surface area contributed by atoms with Crippen molar-refractivity contribution in [3.05, 3.63) is 89.2 Å². The highest BCUT2D eigenvalue weighted by molar-refractivity contribution is 5.92. The maximum absolute atomic E-state index is 12.1. The molecule has 158 valence electrons. The van der Waals surface area contributed by atoms with Gasteiger partial charge >= 0.3 is 0 Å². The van der Waals surface area contributed by atoms with E-state index < -0.39 is 0 Å². The van der Waals surface area contributed by atoms with Crippen molar-refractivity contribution in [2.75, 3.05) is 11.9 Å². The van der Waals surface area contributed by atoms with Crippen LogP contribution >= 0.6 is 0 Å². The molecule has 4 rings (SSSR count). The van der Waals surface area contributed by atoms with Gasteiger partial charge in [0.25, 0.3) is 5.91 Å². The van der Waals surface area contributed by atoms with Gasteiger partial charge in [-0.05, 0) is 67.4 Å². The van der Waals surface area contributed by atoms with Crippen LogP contribution in [-0.2, 0) is 4.79 Å². The van der Waals surface area contributed by atoms with Crippen molar-refractivity contribution in [2.45, 2.75) is 13.8 Å². The lowest BCUT2D eigenvalue weighted by Gasteiger charge is -2.08. The maximum atomic E-state index is 12.1. The van der Waals surface area contributed by atoms with Crippen LogP contribution in [0.15, 0.2) is 66.7 Å². The number of benzene rings is 3. The highest BCUT2D eigenvalue weighted by Crippen LogP contribution is 2.21. The van der Waals surface area contributed by atoms with Crippen molar-refractivity contribution in [1.82, 2.24) is 9.97 Å². The molecule has 6 nitrogen and oxygen atoms in total. The molecule has 0 aliphatic heterocycles. The fraction of sp³-hybridized carbons (Fsp3) is 0.115. The van der Waals surface area contributed by atoms with Crippen LogP contribution in [0.1, 0.15) is 22.5 Å². The summed E-state index contributed by atoms with van der Waals surface area (Å²) >= 11 is 0. The molecule has 1 aromatic heterocycles. The van der Waals surface area contributed by atoms with Crippen LogP contribution in [0, 0.1) is 25.2 Å². The summed E-state index contributed by atoms with van der Waals surface area (Å²) in [4.78, 5) is 19.8. The number of nitriles is 1. The first-order valence-electron chi connectivity index (χ1n) is 10.2. The summed E-state index contributed by atoms with van der Waals surface area (Å²) in [7, 11) is 0. The molecule has 0 saturated heterocycles. The van der Waals surface area contributed by atoms with E-state index in [2.05, 4.69) is 21.4 Å². The van der Waals surface area contributed by atoms with E-state index in [1.807, 2.05) is 68.4 Å². The van der Waals surface area contributed by atoms with Gasteiger partial charge in [0.05, 0.1) is 16.6 Å². The molecule has 1 amide bonds. The number of nitrogens with one attached hydrogen (secondary N) is 2. The second-order valence-electron chi connectivity index (χ2n) is 7.55. The number of carbonyl (C=O) groups is 1. The highest BCUT2D eigenvalue weighted by atomic mass is 16.5. The molecule has 1 heterocycles. The van der Waals surface area contributed by atoms with Crippen LogP contribution in [0.3, 0.4) is 0 Å². The summed E-state index contributed by atoms with van der Waals surface area (Å²) in [5.41, 5.74) is 5.96. The number of fused-ring (bicyclic) bond motifs is 1. The predicted molar refractivity (Wildman–Crippen MR) is 126 cm³/mol. The Hall–Kier alpha value is -4.37. The minimum atomic E-state index is -0.232. The number of imidazole rings is 1. The van der Waals surface area contributed by atoms with Crippen LogP contribution in [0.2, 0.25) is 0 Å². The summed E-state index contributed by atoms with van der Waals surface area (Å²) in [5, 5.41) is 12.4. The van der Waals surface area contributed by atoms with Crippen molar-refractivity contribution >= 4 is 34.3 Å². The molecular formula is C26H22N4O2. The Balaban J connectivity index is 1.40. The SMILES string of the molecule is Cc1ccc(NC(=O)COc2ccc(C=C(C#N)c3nc4ccc(C)cc4[nH]3)cc2)cc1. The number of anilines is 1. The molecule has 0 aliphatic carbocycles. The third-order valence-corrected chi connectivity index (χ3v) is 4.91. The first kappa shape index (κ1) is 20.9. The highest BCUT2D eigenvalue weighted by Gasteiger charge is 2.09. The molecule has 0 radical (unpaired) electrons. The molecule has 2 N–H and O–H groups in total. The van der Waals surface area contributed by atoms with E-state index in [0.717, 1.165) is 33.4 Å². The lowest BCUT2D eigenvalue weighted by molar-refractivity contribution is -0.118. The summed E-state index contributed by atoms with van der Waals surface area (Å²) in [6.45, 7) is 3.91. The molecule has 0 bridgehead atoms. The average molecular weight is 422 g/mol. The van der Waals surface area contributed by atoms with Crippen molar-refractivity contribution in [1.29, 1.82) is 5.26 Å². The van der Waals surface area contributed by atoms with Gasteiger partial charge in [-0.2, -0.15) is 5.26 Å². The monoisotopic (exact) mass is 422 g/mol. The third-order valence-electron chi connectivity index (χ3n) is 4.91. The van der Waals surface area contributed by atoms with Gasteiger partial charge in [-0.15, -0.1) is 0 Å². The fourth-order valence-electron chi connectivity index (χ4n) is 3.21. The van der Waals surface area contributed by atoms with Crippen molar-refractivity contribution < 1.29 is 9.53 Å². The second-order valence-corrected chi connectivity index (χ2v) is 7.55. The molecule has 0 fully saturated rings. The molecule has 32 heavy (non-hydrogen) atoms. The van der Waals surface area contributed by atoms with Gasteiger partial charge in [0, 0.05) is 5.69 Å². The Labute approximate surface area is 186 Å². The largest absolute Gasteiger partial charge is 0.484 e. The van der Waals surface area contributed by atoms with Gasteiger partial charge in [0.2, 0.25) is 0 Å². The number of aromatic nitrogens is 2. The van der Waals surface area contributed by atoms with Gasteiger partial charge in [-0.3, -0.25) is 4.79 Å². The number of hydrogen-bond donors (Lipinski definition) is 2. The topological polar surface area (TPSA) is 90.8 Å². The number of aromatic amines is 1. The molecule has 4 aromatic rings. The summed E-state index contributed by atoms with van der Waals surface area (Å²) in [5.74, 6) is 0.866. The maximum Gasteiger partial charge on any atom is 0.262 e. The van der Waals surface area contributed by atoms with Gasteiger partial charge < -0.3 is 15.0 Å². The van der Waals surface area contributed by atoms with E-state index in [-0.39, 0.29) is 12.5 Å². The number of rotatable bonds is 6. The van der Waals surface area contributed by atoms with Crippen molar-refractivity contribution in [2.24, 2.45) is 0 Å². The number of hydrogen-bond acceptors (Lipinski definition) is 4. The molecule has 6 heteroatoms. The summed E-state index contributed by atoms with van der Waals surface area (Å²) < 4.78 is 5.57. The minimum absolute atomic E-state index is 0.0924. The number of ether oxygens (including phenoxy) is 1. The van der Waals surface area contributed by atoms with Crippen LogP contribution in [0.4, 0.5) is 5.69 Å². The zero-order chi connectivity index (χ0) is 22.5. The van der Waals surface area contributed by atoms with Crippen LogP contribution in [0.5, 0.6) is 5.75 Å². The zero-order valence-electron chi connectivity index (χ0n) is 17.8. The van der Waals surface area contributed by atoms with E-state index >= 15 is 0 Å². The smallest absolute Gasteiger partial charge is 0.262 e. The molecule has 0 saturated carbocycles. The zero-order valence-corrected chi connectivity index (χ0v) is 17.8. The second kappa shape index (κ2) is 9.19. The van der Waals surface area contributed by atoms with Gasteiger partial charge in [0.15, 0.2) is 6.61 Å². The Morgan fingerprint density at radius 1 is 1.06 bits per heavy atom. The first-order chi connectivity index (χ1) is 15.5. The van der Waals surface area contributed by atoms with E-state index in [1.54, 1.807) is 18.2 Å². The quantitative estimate of drug-likeness (QED) is 0.415. The molecule has 0 unspecified atom stereocenters. The van der Waals surface area contributed by atoms with Crippen LogP contribution in [0.25, 0.3) is 22.7 Å². The number of aryl methyl sites for hydroxylation is 2. The van der Waals surface area contributed by atoms with E-state index in [4.69, 9.17) is 4.74 Å². The third kappa shape index (κ3) is 5.02.